The lowest BCUT2D eigenvalue weighted by atomic mass is 9.98. The van der Waals surface area contributed by atoms with E-state index in [1.165, 1.54) is 0 Å². The first-order chi connectivity index (χ1) is 17.0. The van der Waals surface area contributed by atoms with Gasteiger partial charge < -0.3 is 14.2 Å². The standard InChI is InChI=1S/C27H31N5O3/c1-30(2)11-12-31-13-15-32(16-14-31)27(33)25-18-23(26(35-25)19-7-9-28-10-8-19)21-3-5-22-20(17-21)4-6-24(22)29-34/h3,5,7-10,17-18,24H,4,6,11-16H2,1-2H3. The van der Waals surface area contributed by atoms with Crippen molar-refractivity contribution in [3.8, 4) is 22.5 Å². The third-order valence-corrected chi connectivity index (χ3v) is 7.04. The first-order valence-electron chi connectivity index (χ1n) is 12.2. The molecule has 1 atom stereocenters. The monoisotopic (exact) mass is 473 g/mol. The number of likely N-dealkylation sites (N-methyl/N-ethyl adjacent to an activating group) is 1. The Labute approximate surface area is 205 Å². The molecular weight excluding hydrogens is 442 g/mol. The number of hydrogen-bond acceptors (Lipinski definition) is 7. The lowest BCUT2D eigenvalue weighted by Crippen LogP contribution is -2.49. The van der Waals surface area contributed by atoms with Crippen LogP contribution in [0.4, 0.5) is 0 Å². The third kappa shape index (κ3) is 4.90. The maximum atomic E-state index is 13.4. The van der Waals surface area contributed by atoms with E-state index in [4.69, 9.17) is 4.42 Å². The van der Waals surface area contributed by atoms with E-state index in [1.54, 1.807) is 12.4 Å². The number of aryl methyl sites for hydroxylation is 1. The fourth-order valence-corrected chi connectivity index (χ4v) is 4.97. The van der Waals surface area contributed by atoms with Crippen LogP contribution in [0.25, 0.3) is 22.5 Å². The maximum absolute atomic E-state index is 13.4. The zero-order valence-corrected chi connectivity index (χ0v) is 20.3. The van der Waals surface area contributed by atoms with Gasteiger partial charge in [-0.3, -0.25) is 14.7 Å². The smallest absolute Gasteiger partial charge is 0.289 e. The van der Waals surface area contributed by atoms with Crippen molar-refractivity contribution in [1.29, 1.82) is 0 Å². The minimum Gasteiger partial charge on any atom is -0.450 e. The molecule has 1 aliphatic carbocycles. The molecule has 1 amide bonds. The summed E-state index contributed by atoms with van der Waals surface area (Å²) in [5.74, 6) is 0.926. The van der Waals surface area contributed by atoms with Crippen molar-refractivity contribution in [2.24, 2.45) is 5.18 Å². The van der Waals surface area contributed by atoms with E-state index >= 15 is 0 Å². The first-order valence-corrected chi connectivity index (χ1v) is 12.2. The summed E-state index contributed by atoms with van der Waals surface area (Å²) in [7, 11) is 4.15. The average molecular weight is 474 g/mol. The second kappa shape index (κ2) is 10.1. The van der Waals surface area contributed by atoms with E-state index in [-0.39, 0.29) is 11.9 Å². The molecule has 35 heavy (non-hydrogen) atoms. The van der Waals surface area contributed by atoms with Crippen molar-refractivity contribution < 1.29 is 9.21 Å². The predicted molar refractivity (Wildman–Crippen MR) is 135 cm³/mol. The quantitative estimate of drug-likeness (QED) is 0.481. The molecule has 0 bridgehead atoms. The van der Waals surface area contributed by atoms with Crippen LogP contribution >= 0.6 is 0 Å². The number of pyridine rings is 1. The summed E-state index contributed by atoms with van der Waals surface area (Å²) in [5.41, 5.74) is 4.85. The van der Waals surface area contributed by atoms with Crippen LogP contribution in [-0.4, -0.2) is 79.0 Å². The minimum absolute atomic E-state index is 0.0785. The third-order valence-electron chi connectivity index (χ3n) is 7.04. The molecule has 1 saturated heterocycles. The molecule has 0 spiro atoms. The Balaban J connectivity index is 1.42. The van der Waals surface area contributed by atoms with Crippen LogP contribution < -0.4 is 0 Å². The Bertz CT molecular complexity index is 1200. The molecule has 3 aromatic rings. The van der Waals surface area contributed by atoms with Gasteiger partial charge in [-0.1, -0.05) is 23.4 Å². The summed E-state index contributed by atoms with van der Waals surface area (Å²) in [5, 5.41) is 3.27. The highest BCUT2D eigenvalue weighted by molar-refractivity contribution is 5.95. The van der Waals surface area contributed by atoms with E-state index in [0.29, 0.717) is 24.6 Å². The van der Waals surface area contributed by atoms with Gasteiger partial charge in [-0.2, -0.15) is 4.91 Å². The van der Waals surface area contributed by atoms with Crippen LogP contribution in [0.1, 0.15) is 34.1 Å². The van der Waals surface area contributed by atoms with E-state index in [9.17, 15) is 9.70 Å². The number of amides is 1. The lowest BCUT2D eigenvalue weighted by molar-refractivity contribution is 0.0600. The van der Waals surface area contributed by atoms with Gasteiger partial charge in [0.25, 0.3) is 5.91 Å². The van der Waals surface area contributed by atoms with Gasteiger partial charge in [0.05, 0.1) is 0 Å². The molecule has 5 rings (SSSR count). The van der Waals surface area contributed by atoms with E-state index in [0.717, 1.165) is 66.8 Å². The molecule has 0 saturated carbocycles. The molecule has 3 heterocycles. The molecule has 0 radical (unpaired) electrons. The van der Waals surface area contributed by atoms with Gasteiger partial charge in [0.15, 0.2) is 5.76 Å². The summed E-state index contributed by atoms with van der Waals surface area (Å²) >= 11 is 0. The molecular formula is C27H31N5O3. The van der Waals surface area contributed by atoms with Crippen molar-refractivity contribution in [3.63, 3.8) is 0 Å². The topological polar surface area (TPSA) is 82.2 Å². The number of furan rings is 1. The fraction of sp³-hybridized carbons (Fsp3) is 0.407. The Morgan fingerprint density at radius 2 is 1.86 bits per heavy atom. The number of rotatable bonds is 7. The van der Waals surface area contributed by atoms with Crippen LogP contribution in [-0.2, 0) is 6.42 Å². The summed E-state index contributed by atoms with van der Waals surface area (Å²) < 4.78 is 6.23. The SMILES string of the molecule is CN(C)CCN1CCN(C(=O)c2cc(-c3ccc4c(c3)CCC4N=O)c(-c3ccncc3)o2)CC1. The average Bonchev–Trinajstić information content (AvgIpc) is 3.52. The Morgan fingerprint density at radius 3 is 2.57 bits per heavy atom. The second-order valence-electron chi connectivity index (χ2n) is 9.60. The molecule has 0 N–H and O–H groups in total. The van der Waals surface area contributed by atoms with Crippen molar-refractivity contribution in [1.82, 2.24) is 19.7 Å². The van der Waals surface area contributed by atoms with E-state index in [1.807, 2.05) is 35.2 Å². The normalized spacial score (nSPS) is 18.1. The molecule has 8 nitrogen and oxygen atoms in total. The van der Waals surface area contributed by atoms with Crippen LogP contribution in [0.15, 0.2) is 58.4 Å². The lowest BCUT2D eigenvalue weighted by Gasteiger charge is -2.34. The molecule has 182 valence electrons. The number of carbonyl (C=O) groups is 1. The van der Waals surface area contributed by atoms with E-state index in [2.05, 4.69) is 40.1 Å². The number of fused-ring (bicyclic) bond motifs is 1. The molecule has 8 heteroatoms. The van der Waals surface area contributed by atoms with Crippen molar-refractivity contribution in [2.45, 2.75) is 18.9 Å². The van der Waals surface area contributed by atoms with Crippen molar-refractivity contribution in [2.75, 3.05) is 53.4 Å². The molecule has 2 aromatic heterocycles. The van der Waals surface area contributed by atoms with Crippen molar-refractivity contribution in [3.05, 3.63) is 70.6 Å². The number of nitrogens with zero attached hydrogens (tertiary/aromatic N) is 5. The number of carbonyl (C=O) groups excluding carboxylic acids is 1. The highest BCUT2D eigenvalue weighted by atomic mass is 16.4. The van der Waals surface area contributed by atoms with Gasteiger partial charge in [0.1, 0.15) is 11.8 Å². The molecule has 1 aliphatic heterocycles. The largest absolute Gasteiger partial charge is 0.450 e. The Hall–Kier alpha value is -3.36. The Kier molecular flexibility index (Phi) is 6.74. The van der Waals surface area contributed by atoms with Gasteiger partial charge in [0.2, 0.25) is 0 Å². The first kappa shape index (κ1) is 23.4. The van der Waals surface area contributed by atoms with Crippen LogP contribution in [0.3, 0.4) is 0 Å². The summed E-state index contributed by atoms with van der Waals surface area (Å²) in [4.78, 5) is 35.2. The maximum Gasteiger partial charge on any atom is 0.289 e. The molecule has 1 unspecified atom stereocenters. The van der Waals surface area contributed by atoms with Crippen LogP contribution in [0.2, 0.25) is 0 Å². The minimum atomic E-state index is -0.267. The molecule has 1 fully saturated rings. The highest BCUT2D eigenvalue weighted by Gasteiger charge is 2.28. The van der Waals surface area contributed by atoms with Gasteiger partial charge >= 0.3 is 0 Å². The second-order valence-corrected chi connectivity index (χ2v) is 9.60. The summed E-state index contributed by atoms with van der Waals surface area (Å²) in [6, 6.07) is 11.5. The van der Waals surface area contributed by atoms with Crippen molar-refractivity contribution >= 4 is 5.91 Å². The van der Waals surface area contributed by atoms with Gasteiger partial charge in [0, 0.05) is 62.8 Å². The summed E-state index contributed by atoms with van der Waals surface area (Å²) in [6.07, 6.45) is 5.01. The zero-order chi connectivity index (χ0) is 24.4. The van der Waals surface area contributed by atoms with E-state index < -0.39 is 0 Å². The zero-order valence-electron chi connectivity index (χ0n) is 20.3. The van der Waals surface area contributed by atoms with Gasteiger partial charge in [-0.05, 0) is 61.8 Å². The van der Waals surface area contributed by atoms with Gasteiger partial charge in [-0.25, -0.2) is 0 Å². The molecule has 2 aliphatic rings. The number of nitroso groups, excluding NO2 is 1. The van der Waals surface area contributed by atoms with Crippen LogP contribution in [0.5, 0.6) is 0 Å². The van der Waals surface area contributed by atoms with Gasteiger partial charge in [-0.15, -0.1) is 0 Å². The Morgan fingerprint density at radius 1 is 1.09 bits per heavy atom. The predicted octanol–water partition coefficient (Wildman–Crippen LogP) is 4.08. The molecule has 1 aromatic carbocycles. The number of hydrogen-bond donors (Lipinski definition) is 0. The highest BCUT2D eigenvalue weighted by Crippen LogP contribution is 2.40. The number of piperazine rings is 1. The van der Waals surface area contributed by atoms with Crippen LogP contribution in [0, 0.1) is 4.91 Å². The summed E-state index contributed by atoms with van der Waals surface area (Å²) in [6.45, 7) is 5.11. The fourth-order valence-electron chi connectivity index (χ4n) is 4.97. The number of benzene rings is 1. The number of aromatic nitrogens is 1.